The summed E-state index contributed by atoms with van der Waals surface area (Å²) in [5.74, 6) is 1.16. The van der Waals surface area contributed by atoms with Crippen LogP contribution in [-0.4, -0.2) is 71.6 Å². The molecule has 1 aliphatic carbocycles. The molecular weight excluding hydrogens is 535 g/mol. The fourth-order valence-electron chi connectivity index (χ4n) is 8.74. The molecule has 0 saturated carbocycles. The summed E-state index contributed by atoms with van der Waals surface area (Å²) in [6.45, 7) is 6.79. The molecule has 5 unspecified atom stereocenters. The number of rotatable bonds is 4. The molecule has 4 saturated heterocycles. The van der Waals surface area contributed by atoms with Gasteiger partial charge in [-0.1, -0.05) is 13.0 Å². The second-order valence-electron chi connectivity index (χ2n) is 13.6. The summed E-state index contributed by atoms with van der Waals surface area (Å²) < 4.78 is 33.7. The largest absolute Gasteiger partial charge is 0.461 e. The van der Waals surface area contributed by atoms with Crippen LogP contribution >= 0.6 is 0 Å². The lowest BCUT2D eigenvalue weighted by Gasteiger charge is -2.45. The van der Waals surface area contributed by atoms with Gasteiger partial charge in [0.1, 0.15) is 30.3 Å². The van der Waals surface area contributed by atoms with E-state index in [1.54, 1.807) is 0 Å². The number of halogens is 1. The molecule has 1 aromatic heterocycles. The summed E-state index contributed by atoms with van der Waals surface area (Å²) in [7, 11) is 0. The maximum absolute atomic E-state index is 14.5. The van der Waals surface area contributed by atoms with E-state index in [2.05, 4.69) is 28.9 Å². The maximum atomic E-state index is 14.5. The number of benzene rings is 1. The second kappa shape index (κ2) is 9.50. The average Bonchev–Trinajstić information content (AvgIpc) is 3.66. The number of hydrogen-bond acceptors (Lipinski definition) is 9. The lowest BCUT2D eigenvalue weighted by molar-refractivity contribution is -0.130. The Balaban J connectivity index is 1.18. The Hall–Kier alpha value is -3.00. The van der Waals surface area contributed by atoms with E-state index in [-0.39, 0.29) is 11.1 Å². The summed E-state index contributed by atoms with van der Waals surface area (Å²) in [4.78, 5) is 14.6. The van der Waals surface area contributed by atoms with E-state index in [0.29, 0.717) is 55.8 Å². The van der Waals surface area contributed by atoms with Crippen LogP contribution < -0.4 is 15.4 Å². The van der Waals surface area contributed by atoms with Gasteiger partial charge < -0.3 is 24.8 Å². The molecule has 0 radical (unpaired) electrons. The highest BCUT2D eigenvalue weighted by Gasteiger charge is 2.51. The standard InChI is InChI=1S/C32H39FN6O3/c1-20-5-7-32(27-22(20)3-4-25(35)23(27)15-34)14-26-24(17-42-32)28(38-11-8-31(18-38)9-12-41-31)37-29(36-26)40-19-30-6-2-10-39(30)16-21(33)13-30/h3-4,20-21H,2,5-14,16-19,35H2,1H3. The van der Waals surface area contributed by atoms with E-state index in [4.69, 9.17) is 29.9 Å². The number of fused-ring (bicyclic) bond motifs is 4. The van der Waals surface area contributed by atoms with Gasteiger partial charge in [-0.05, 0) is 56.2 Å². The summed E-state index contributed by atoms with van der Waals surface area (Å²) in [6, 6.07) is 6.64. The van der Waals surface area contributed by atoms with E-state index in [0.717, 1.165) is 93.0 Å². The summed E-state index contributed by atoms with van der Waals surface area (Å²) >= 11 is 0. The van der Waals surface area contributed by atoms with Crippen LogP contribution in [0.5, 0.6) is 6.01 Å². The first-order valence-electron chi connectivity index (χ1n) is 15.6. The summed E-state index contributed by atoms with van der Waals surface area (Å²) in [5, 5.41) is 10.2. The molecule has 0 amide bonds. The van der Waals surface area contributed by atoms with Gasteiger partial charge in [-0.25, -0.2) is 4.39 Å². The van der Waals surface area contributed by atoms with Crippen molar-refractivity contribution in [2.75, 3.05) is 50.0 Å². The lowest BCUT2D eigenvalue weighted by Crippen LogP contribution is -2.46. The van der Waals surface area contributed by atoms with Crippen molar-refractivity contribution in [1.82, 2.24) is 14.9 Å². The maximum Gasteiger partial charge on any atom is 0.318 e. The van der Waals surface area contributed by atoms with Crippen molar-refractivity contribution in [3.8, 4) is 12.1 Å². The molecule has 2 spiro atoms. The Kier molecular flexibility index (Phi) is 6.02. The van der Waals surface area contributed by atoms with Gasteiger partial charge in [0.25, 0.3) is 0 Å². The van der Waals surface area contributed by atoms with E-state index < -0.39 is 11.8 Å². The minimum absolute atomic E-state index is 0.0867. The molecule has 4 fully saturated rings. The molecule has 6 aliphatic rings. The highest BCUT2D eigenvalue weighted by atomic mass is 19.1. The number of alkyl halides is 1. The number of aromatic nitrogens is 2. The normalized spacial score (nSPS) is 35.1. The molecule has 10 heteroatoms. The summed E-state index contributed by atoms with van der Waals surface area (Å²) in [5.41, 5.74) is 10.2. The van der Waals surface area contributed by atoms with E-state index in [1.807, 2.05) is 6.07 Å². The average molecular weight is 575 g/mol. The second-order valence-corrected chi connectivity index (χ2v) is 13.6. The molecule has 2 N–H and O–H groups in total. The number of anilines is 2. The van der Waals surface area contributed by atoms with Gasteiger partial charge in [-0.3, -0.25) is 4.90 Å². The molecule has 5 aliphatic heterocycles. The van der Waals surface area contributed by atoms with Crippen LogP contribution in [-0.2, 0) is 28.1 Å². The predicted octanol–water partition coefficient (Wildman–Crippen LogP) is 4.12. The molecular formula is C32H39FN6O3. The van der Waals surface area contributed by atoms with Gasteiger partial charge >= 0.3 is 6.01 Å². The van der Waals surface area contributed by atoms with Crippen molar-refractivity contribution in [2.45, 2.75) is 93.7 Å². The Bertz CT molecular complexity index is 1480. The van der Waals surface area contributed by atoms with Gasteiger partial charge in [0.05, 0.1) is 35.6 Å². The Morgan fingerprint density at radius 2 is 2.07 bits per heavy atom. The van der Waals surface area contributed by atoms with Crippen LogP contribution in [0.2, 0.25) is 0 Å². The van der Waals surface area contributed by atoms with Crippen molar-refractivity contribution in [3.05, 3.63) is 40.1 Å². The Morgan fingerprint density at radius 3 is 2.86 bits per heavy atom. The van der Waals surface area contributed by atoms with Crippen LogP contribution in [0.1, 0.15) is 85.7 Å². The van der Waals surface area contributed by atoms with Crippen LogP contribution in [0.15, 0.2) is 12.1 Å². The number of nitrogens with zero attached hydrogens (tertiary/aromatic N) is 5. The zero-order chi connectivity index (χ0) is 28.7. The van der Waals surface area contributed by atoms with Crippen molar-refractivity contribution in [1.29, 1.82) is 5.26 Å². The Labute approximate surface area is 246 Å². The molecule has 5 atom stereocenters. The van der Waals surface area contributed by atoms with E-state index in [9.17, 15) is 9.65 Å². The number of hydrogen-bond donors (Lipinski definition) is 1. The zero-order valence-corrected chi connectivity index (χ0v) is 24.3. The highest BCUT2D eigenvalue weighted by molar-refractivity contribution is 5.64. The van der Waals surface area contributed by atoms with Gasteiger partial charge in [-0.15, -0.1) is 0 Å². The third kappa shape index (κ3) is 3.96. The van der Waals surface area contributed by atoms with Gasteiger partial charge in [0.2, 0.25) is 0 Å². The fourth-order valence-corrected chi connectivity index (χ4v) is 8.74. The van der Waals surface area contributed by atoms with Gasteiger partial charge in [0, 0.05) is 55.7 Å². The molecule has 2 aromatic rings. The molecule has 0 bridgehead atoms. The Morgan fingerprint density at radius 1 is 1.19 bits per heavy atom. The zero-order valence-electron chi connectivity index (χ0n) is 24.3. The lowest BCUT2D eigenvalue weighted by atomic mass is 9.69. The fraction of sp³-hybridized carbons (Fsp3) is 0.656. The van der Waals surface area contributed by atoms with Crippen molar-refractivity contribution in [3.63, 3.8) is 0 Å². The van der Waals surface area contributed by atoms with Crippen LogP contribution in [0, 0.1) is 11.3 Å². The van der Waals surface area contributed by atoms with Crippen molar-refractivity contribution in [2.24, 2.45) is 0 Å². The highest BCUT2D eigenvalue weighted by Crippen LogP contribution is 2.51. The van der Waals surface area contributed by atoms with Crippen LogP contribution in [0.3, 0.4) is 0 Å². The van der Waals surface area contributed by atoms with Crippen molar-refractivity contribution >= 4 is 11.5 Å². The summed E-state index contributed by atoms with van der Waals surface area (Å²) in [6.07, 6.45) is 5.97. The first-order valence-corrected chi connectivity index (χ1v) is 15.6. The predicted molar refractivity (Wildman–Crippen MR) is 154 cm³/mol. The number of nitrogen functional groups attached to an aromatic ring is 1. The topological polar surface area (TPSA) is 110 Å². The van der Waals surface area contributed by atoms with Crippen LogP contribution in [0.4, 0.5) is 15.9 Å². The quantitative estimate of drug-likeness (QED) is 0.539. The van der Waals surface area contributed by atoms with E-state index in [1.165, 1.54) is 0 Å². The van der Waals surface area contributed by atoms with Crippen molar-refractivity contribution < 1.29 is 18.6 Å². The monoisotopic (exact) mass is 574 g/mol. The third-order valence-electron chi connectivity index (χ3n) is 11.2. The van der Waals surface area contributed by atoms with Gasteiger partial charge in [0.15, 0.2) is 0 Å². The molecule has 42 heavy (non-hydrogen) atoms. The number of nitrogens with two attached hydrogens (primary N) is 1. The van der Waals surface area contributed by atoms with E-state index >= 15 is 0 Å². The number of ether oxygens (including phenoxy) is 3. The number of nitriles is 1. The minimum atomic E-state index is -0.815. The van der Waals surface area contributed by atoms with Gasteiger partial charge in [-0.2, -0.15) is 15.2 Å². The SMILES string of the molecule is CC1CCC2(Cc3nc(OCC45CCCN4CC(F)C5)nc(N4CCC5(CCO5)C4)c3CO2)c2c1ccc(N)c2C#N. The first kappa shape index (κ1) is 26.6. The minimum Gasteiger partial charge on any atom is -0.461 e. The molecule has 6 heterocycles. The molecule has 9 nitrogen and oxygen atoms in total. The third-order valence-corrected chi connectivity index (χ3v) is 11.2. The molecule has 8 rings (SSSR count). The molecule has 1 aromatic carbocycles. The smallest absolute Gasteiger partial charge is 0.318 e. The molecule has 222 valence electrons. The first-order chi connectivity index (χ1) is 20.3. The van der Waals surface area contributed by atoms with Crippen LogP contribution in [0.25, 0.3) is 0 Å².